The minimum Gasteiger partial charge on any atom is -0.478 e. The van der Waals surface area contributed by atoms with Crippen LogP contribution in [0, 0.1) is 0 Å². The van der Waals surface area contributed by atoms with Gasteiger partial charge in [-0.25, -0.2) is 19.6 Å². The summed E-state index contributed by atoms with van der Waals surface area (Å²) in [6.07, 6.45) is 3.51. The molecule has 2 aliphatic heterocycles. The molecule has 0 atom stereocenters. The Morgan fingerprint density at radius 2 is 1.10 bits per heavy atom. The van der Waals surface area contributed by atoms with E-state index in [4.69, 9.17) is 0 Å². The van der Waals surface area contributed by atoms with Crippen LogP contribution in [0.1, 0.15) is 22.8 Å². The number of aromatic nitrogens is 4. The van der Waals surface area contributed by atoms with Crippen molar-refractivity contribution >= 4 is 57.3 Å². The van der Waals surface area contributed by atoms with E-state index in [1.807, 2.05) is 30.3 Å². The number of aromatic amines is 2. The van der Waals surface area contributed by atoms with Gasteiger partial charge >= 0.3 is 11.9 Å². The summed E-state index contributed by atoms with van der Waals surface area (Å²) in [7, 11) is 0. The van der Waals surface area contributed by atoms with Gasteiger partial charge in [-0.1, -0.05) is 0 Å². The second-order valence-electron chi connectivity index (χ2n) is 6.85. The molecule has 30 heavy (non-hydrogen) atoms. The molecule has 0 saturated carbocycles. The molecular formula is C22H14N4O4. The average molecular weight is 398 g/mol. The van der Waals surface area contributed by atoms with Crippen molar-refractivity contribution < 1.29 is 19.8 Å². The lowest BCUT2D eigenvalue weighted by Gasteiger charge is -1.98. The fourth-order valence-electron chi connectivity index (χ4n) is 3.50. The fraction of sp³-hybridized carbons (Fsp3) is 0. The number of aliphatic carboxylic acids is 2. The molecule has 4 N–H and O–H groups in total. The molecule has 8 nitrogen and oxygen atoms in total. The van der Waals surface area contributed by atoms with Crippen LogP contribution >= 0.6 is 0 Å². The monoisotopic (exact) mass is 398 g/mol. The molecule has 0 spiro atoms. The minimum absolute atomic E-state index is 0.0448. The standard InChI is InChI=1S/C22H14N4O4/c27-21(28)19-17-9-15-5-3-13(24-15)7-11-1-2-12(23-11)8-14-4-6-16(25-14)10-18(26-17)20(19)22(29)30/h1-10,23-24H,(H,27,28)(H,29,30). The molecule has 2 aliphatic rings. The van der Waals surface area contributed by atoms with Crippen LogP contribution in [0.15, 0.2) is 48.5 Å². The highest BCUT2D eigenvalue weighted by molar-refractivity contribution is 6.37. The van der Waals surface area contributed by atoms with Crippen molar-refractivity contribution in [1.29, 1.82) is 0 Å². The van der Waals surface area contributed by atoms with Gasteiger partial charge in [0.15, 0.2) is 0 Å². The fourth-order valence-corrected chi connectivity index (χ4v) is 3.50. The Balaban J connectivity index is 1.90. The Morgan fingerprint density at radius 3 is 1.67 bits per heavy atom. The number of carbonyl (C=O) groups is 2. The third-order valence-electron chi connectivity index (χ3n) is 4.77. The Labute approximate surface area is 168 Å². The van der Waals surface area contributed by atoms with Crippen molar-refractivity contribution in [2.45, 2.75) is 0 Å². The van der Waals surface area contributed by atoms with Crippen molar-refractivity contribution in [3.8, 4) is 0 Å². The van der Waals surface area contributed by atoms with Crippen molar-refractivity contribution in [3.63, 3.8) is 0 Å². The number of carboxylic acids is 2. The number of nitrogens with zero attached hydrogens (tertiary/aromatic N) is 2. The van der Waals surface area contributed by atoms with Crippen LogP contribution in [-0.2, 0) is 9.59 Å². The summed E-state index contributed by atoms with van der Waals surface area (Å²) in [6, 6.07) is 14.3. The molecule has 5 rings (SSSR count). The molecule has 3 aromatic heterocycles. The molecule has 8 bridgehead atoms. The largest absolute Gasteiger partial charge is 0.478 e. The first-order valence-corrected chi connectivity index (χ1v) is 9.04. The maximum absolute atomic E-state index is 11.9. The molecular weight excluding hydrogens is 384 g/mol. The van der Waals surface area contributed by atoms with Gasteiger partial charge in [-0.15, -0.1) is 0 Å². The molecule has 0 unspecified atom stereocenters. The molecule has 5 heterocycles. The topological polar surface area (TPSA) is 132 Å². The highest BCUT2D eigenvalue weighted by Crippen LogP contribution is 2.31. The maximum atomic E-state index is 11.9. The average Bonchev–Trinajstić information content (AvgIpc) is 3.44. The Bertz CT molecular complexity index is 1460. The van der Waals surface area contributed by atoms with Gasteiger partial charge in [0.05, 0.1) is 22.8 Å². The van der Waals surface area contributed by atoms with Crippen molar-refractivity contribution in [1.82, 2.24) is 19.9 Å². The van der Waals surface area contributed by atoms with Gasteiger partial charge in [-0.2, -0.15) is 0 Å². The normalized spacial score (nSPS) is 12.9. The third-order valence-corrected chi connectivity index (χ3v) is 4.77. The minimum atomic E-state index is -1.36. The number of H-pyrrole nitrogens is 2. The maximum Gasteiger partial charge on any atom is 0.338 e. The molecule has 0 saturated heterocycles. The van der Waals surface area contributed by atoms with Crippen LogP contribution in [0.5, 0.6) is 0 Å². The van der Waals surface area contributed by atoms with E-state index < -0.39 is 11.9 Å². The molecule has 0 fully saturated rings. The van der Waals surface area contributed by atoms with E-state index in [2.05, 4.69) is 19.9 Å². The molecule has 0 radical (unpaired) electrons. The Kier molecular flexibility index (Phi) is 3.85. The van der Waals surface area contributed by atoms with Crippen LogP contribution in [0.25, 0.3) is 45.4 Å². The number of rotatable bonds is 2. The quantitative estimate of drug-likeness (QED) is 0.408. The molecule has 0 aliphatic carbocycles. The first-order valence-electron chi connectivity index (χ1n) is 9.04. The van der Waals surface area contributed by atoms with Crippen molar-refractivity contribution in [2.75, 3.05) is 0 Å². The van der Waals surface area contributed by atoms with E-state index in [0.717, 1.165) is 16.6 Å². The van der Waals surface area contributed by atoms with Gasteiger partial charge in [0.1, 0.15) is 11.1 Å². The van der Waals surface area contributed by atoms with Gasteiger partial charge in [0.2, 0.25) is 0 Å². The lowest BCUT2D eigenvalue weighted by molar-refractivity contribution is -0.132. The molecule has 0 amide bonds. The first kappa shape index (κ1) is 17.6. The van der Waals surface area contributed by atoms with E-state index in [1.54, 1.807) is 18.2 Å². The lowest BCUT2D eigenvalue weighted by Crippen LogP contribution is -2.05. The molecule has 8 heteroatoms. The smallest absolute Gasteiger partial charge is 0.338 e. The summed E-state index contributed by atoms with van der Waals surface area (Å²) in [5.74, 6) is -2.72. The van der Waals surface area contributed by atoms with Crippen LogP contribution in [0.4, 0.5) is 0 Å². The molecule has 146 valence electrons. The predicted molar refractivity (Wildman–Crippen MR) is 112 cm³/mol. The third kappa shape index (κ3) is 3.06. The number of nitrogens with one attached hydrogen (secondary N) is 2. The van der Waals surface area contributed by atoms with E-state index >= 15 is 0 Å². The summed E-state index contributed by atoms with van der Waals surface area (Å²) in [4.78, 5) is 38.9. The van der Waals surface area contributed by atoms with Crippen LogP contribution in [0.2, 0.25) is 0 Å². The van der Waals surface area contributed by atoms with Gasteiger partial charge in [0.25, 0.3) is 0 Å². The summed E-state index contributed by atoms with van der Waals surface area (Å²) in [5, 5.41) is 19.3. The van der Waals surface area contributed by atoms with E-state index in [9.17, 15) is 19.8 Å². The van der Waals surface area contributed by atoms with Crippen LogP contribution in [-0.4, -0.2) is 42.1 Å². The van der Waals surface area contributed by atoms with Gasteiger partial charge in [-0.05, 0) is 60.7 Å². The molecule has 3 aromatic rings. The van der Waals surface area contributed by atoms with Crippen molar-refractivity contribution in [2.24, 2.45) is 0 Å². The number of hydrogen-bond acceptors (Lipinski definition) is 4. The SMILES string of the molecule is O=C(O)C1=C(C(=O)O)c2cc3ccc(cc4ccc(cc5nc(cc1n2)C=C5)[nH]4)[nH]3. The number of carboxylic acid groups (broad SMARTS) is 2. The van der Waals surface area contributed by atoms with E-state index in [-0.39, 0.29) is 22.5 Å². The zero-order chi connectivity index (χ0) is 20.8. The van der Waals surface area contributed by atoms with Crippen LogP contribution in [0.3, 0.4) is 0 Å². The lowest BCUT2D eigenvalue weighted by atomic mass is 10.1. The zero-order valence-electron chi connectivity index (χ0n) is 15.4. The van der Waals surface area contributed by atoms with Gasteiger partial charge in [-0.3, -0.25) is 0 Å². The number of hydrogen-bond donors (Lipinski definition) is 4. The Hall–Kier alpha value is -4.46. The summed E-state index contributed by atoms with van der Waals surface area (Å²) >= 11 is 0. The zero-order valence-corrected chi connectivity index (χ0v) is 15.4. The van der Waals surface area contributed by atoms with Gasteiger partial charge in [0, 0.05) is 22.1 Å². The van der Waals surface area contributed by atoms with E-state index in [1.165, 1.54) is 12.1 Å². The van der Waals surface area contributed by atoms with Crippen LogP contribution < -0.4 is 0 Å². The highest BCUT2D eigenvalue weighted by Gasteiger charge is 2.30. The summed E-state index contributed by atoms with van der Waals surface area (Å²) < 4.78 is 0. The predicted octanol–water partition coefficient (Wildman–Crippen LogP) is 3.57. The number of fused-ring (bicyclic) bond motifs is 8. The highest BCUT2D eigenvalue weighted by atomic mass is 16.4. The first-order chi connectivity index (χ1) is 14.5. The van der Waals surface area contributed by atoms with Gasteiger partial charge < -0.3 is 20.2 Å². The second-order valence-corrected chi connectivity index (χ2v) is 6.85. The summed E-state index contributed by atoms with van der Waals surface area (Å²) in [5.41, 5.74) is 3.69. The molecule has 0 aromatic carbocycles. The van der Waals surface area contributed by atoms with E-state index in [0.29, 0.717) is 16.9 Å². The second kappa shape index (κ2) is 6.56. The van der Waals surface area contributed by atoms with Crippen molar-refractivity contribution in [3.05, 3.63) is 71.3 Å². The Morgan fingerprint density at radius 1 is 0.633 bits per heavy atom. The summed E-state index contributed by atoms with van der Waals surface area (Å²) in [6.45, 7) is 0.